The molecule has 0 aromatic heterocycles. The number of hydrogen-bond acceptors (Lipinski definition) is 3. The van der Waals surface area contributed by atoms with Gasteiger partial charge in [-0.25, -0.2) is 0 Å². The summed E-state index contributed by atoms with van der Waals surface area (Å²) >= 11 is 0. The molecule has 0 atom stereocenters. The third-order valence-corrected chi connectivity index (χ3v) is 4.20. The van der Waals surface area contributed by atoms with Crippen LogP contribution in [0.2, 0.25) is 0 Å². The molecule has 29 heavy (non-hydrogen) atoms. The van der Waals surface area contributed by atoms with Gasteiger partial charge in [-0.2, -0.15) is 0 Å². The van der Waals surface area contributed by atoms with Crippen molar-refractivity contribution in [2.45, 2.75) is 26.5 Å². The summed E-state index contributed by atoms with van der Waals surface area (Å²) in [5.41, 5.74) is 2.37. The van der Waals surface area contributed by atoms with Crippen molar-refractivity contribution < 1.29 is 14.3 Å². The molecular formula is C24H24N2O3. The minimum atomic E-state index is -0.288. The third kappa shape index (κ3) is 5.69. The van der Waals surface area contributed by atoms with Crippen LogP contribution < -0.4 is 15.4 Å². The SMILES string of the molecule is CC(C)Oc1ccc(C(=O)Nc2ccccc2C(=O)NCc2ccccc2)cc1. The molecule has 148 valence electrons. The molecule has 2 N–H and O–H groups in total. The molecule has 0 heterocycles. The van der Waals surface area contributed by atoms with Gasteiger partial charge in [-0.3, -0.25) is 9.59 Å². The monoisotopic (exact) mass is 388 g/mol. The maximum absolute atomic E-state index is 12.6. The fourth-order valence-electron chi connectivity index (χ4n) is 2.82. The molecule has 2 amide bonds. The van der Waals surface area contributed by atoms with E-state index in [1.807, 2.05) is 44.2 Å². The molecule has 5 heteroatoms. The maximum atomic E-state index is 12.6. The van der Waals surface area contributed by atoms with Gasteiger partial charge in [0.05, 0.1) is 17.4 Å². The number of carbonyl (C=O) groups is 2. The summed E-state index contributed by atoms with van der Waals surface area (Å²) in [7, 11) is 0. The lowest BCUT2D eigenvalue weighted by Gasteiger charge is -2.12. The summed E-state index contributed by atoms with van der Waals surface area (Å²) in [6.45, 7) is 4.31. The predicted molar refractivity (Wildman–Crippen MR) is 114 cm³/mol. The van der Waals surface area contributed by atoms with Crippen LogP contribution in [0.15, 0.2) is 78.9 Å². The Kier molecular flexibility index (Phi) is 6.63. The minimum Gasteiger partial charge on any atom is -0.491 e. The molecular weight excluding hydrogens is 364 g/mol. The van der Waals surface area contributed by atoms with E-state index in [1.165, 1.54) is 0 Å². The molecule has 0 spiro atoms. The van der Waals surface area contributed by atoms with Gasteiger partial charge in [-0.1, -0.05) is 42.5 Å². The van der Waals surface area contributed by atoms with Gasteiger partial charge in [0.1, 0.15) is 5.75 Å². The largest absolute Gasteiger partial charge is 0.491 e. The predicted octanol–water partition coefficient (Wildman–Crippen LogP) is 4.66. The van der Waals surface area contributed by atoms with Gasteiger partial charge in [-0.05, 0) is 55.8 Å². The van der Waals surface area contributed by atoms with Crippen LogP contribution >= 0.6 is 0 Å². The Morgan fingerprint density at radius 3 is 2.17 bits per heavy atom. The lowest BCUT2D eigenvalue weighted by molar-refractivity contribution is 0.0952. The summed E-state index contributed by atoms with van der Waals surface area (Å²) in [6.07, 6.45) is 0.0657. The number of nitrogens with one attached hydrogen (secondary N) is 2. The molecule has 0 saturated carbocycles. The summed E-state index contributed by atoms with van der Waals surface area (Å²) in [6, 6.07) is 23.5. The van der Waals surface area contributed by atoms with Gasteiger partial charge in [0.15, 0.2) is 0 Å². The first kappa shape index (κ1) is 20.1. The fourth-order valence-corrected chi connectivity index (χ4v) is 2.82. The second-order valence-electron chi connectivity index (χ2n) is 6.86. The summed E-state index contributed by atoms with van der Waals surface area (Å²) < 4.78 is 5.60. The van der Waals surface area contributed by atoms with E-state index in [1.54, 1.807) is 48.5 Å². The van der Waals surface area contributed by atoms with Crippen LogP contribution in [-0.2, 0) is 6.54 Å². The van der Waals surface area contributed by atoms with Crippen molar-refractivity contribution in [3.05, 3.63) is 95.6 Å². The van der Waals surface area contributed by atoms with E-state index in [0.29, 0.717) is 29.1 Å². The summed E-state index contributed by atoms with van der Waals surface area (Å²) in [5, 5.41) is 5.71. The smallest absolute Gasteiger partial charge is 0.255 e. The molecule has 0 radical (unpaired) electrons. The first-order chi connectivity index (χ1) is 14.0. The third-order valence-electron chi connectivity index (χ3n) is 4.20. The normalized spacial score (nSPS) is 10.4. The first-order valence-corrected chi connectivity index (χ1v) is 9.52. The zero-order chi connectivity index (χ0) is 20.6. The van der Waals surface area contributed by atoms with E-state index in [4.69, 9.17) is 4.74 Å². The molecule has 0 bridgehead atoms. The average molecular weight is 388 g/mol. The maximum Gasteiger partial charge on any atom is 0.255 e. The topological polar surface area (TPSA) is 67.4 Å². The van der Waals surface area contributed by atoms with Crippen LogP contribution in [0, 0.1) is 0 Å². The Bertz CT molecular complexity index is 967. The second-order valence-corrected chi connectivity index (χ2v) is 6.86. The average Bonchev–Trinajstić information content (AvgIpc) is 2.73. The summed E-state index contributed by atoms with van der Waals surface area (Å²) in [5.74, 6) is 0.173. The van der Waals surface area contributed by atoms with E-state index in [9.17, 15) is 9.59 Å². The number of ether oxygens (including phenoxy) is 1. The Morgan fingerprint density at radius 1 is 0.828 bits per heavy atom. The van der Waals surface area contributed by atoms with Crippen molar-refractivity contribution >= 4 is 17.5 Å². The van der Waals surface area contributed by atoms with Crippen molar-refractivity contribution in [1.82, 2.24) is 5.32 Å². The fraction of sp³-hybridized carbons (Fsp3) is 0.167. The number of amides is 2. The highest BCUT2D eigenvalue weighted by molar-refractivity contribution is 6.09. The van der Waals surface area contributed by atoms with Gasteiger partial charge in [0.2, 0.25) is 0 Å². The van der Waals surface area contributed by atoms with Crippen LogP contribution in [-0.4, -0.2) is 17.9 Å². The molecule has 0 fully saturated rings. The number of benzene rings is 3. The Balaban J connectivity index is 1.68. The van der Waals surface area contributed by atoms with Crippen molar-refractivity contribution in [1.29, 1.82) is 0 Å². The Morgan fingerprint density at radius 2 is 1.48 bits per heavy atom. The molecule has 0 aliphatic heterocycles. The van der Waals surface area contributed by atoms with E-state index in [-0.39, 0.29) is 17.9 Å². The van der Waals surface area contributed by atoms with Gasteiger partial charge >= 0.3 is 0 Å². The van der Waals surface area contributed by atoms with Crippen LogP contribution in [0.1, 0.15) is 40.1 Å². The molecule has 5 nitrogen and oxygen atoms in total. The van der Waals surface area contributed by atoms with Crippen molar-refractivity contribution in [2.24, 2.45) is 0 Å². The van der Waals surface area contributed by atoms with Gasteiger partial charge in [0.25, 0.3) is 11.8 Å². The van der Waals surface area contributed by atoms with E-state index in [0.717, 1.165) is 5.56 Å². The molecule has 0 unspecified atom stereocenters. The highest BCUT2D eigenvalue weighted by Crippen LogP contribution is 2.18. The lowest BCUT2D eigenvalue weighted by Crippen LogP contribution is -2.24. The van der Waals surface area contributed by atoms with Gasteiger partial charge in [0, 0.05) is 12.1 Å². The first-order valence-electron chi connectivity index (χ1n) is 9.52. The molecule has 0 aliphatic rings. The van der Waals surface area contributed by atoms with Crippen molar-refractivity contribution in [2.75, 3.05) is 5.32 Å². The summed E-state index contributed by atoms with van der Waals surface area (Å²) in [4.78, 5) is 25.2. The molecule has 0 aliphatic carbocycles. The number of rotatable bonds is 7. The minimum absolute atomic E-state index is 0.0657. The van der Waals surface area contributed by atoms with E-state index < -0.39 is 0 Å². The van der Waals surface area contributed by atoms with Crippen LogP contribution in [0.5, 0.6) is 5.75 Å². The van der Waals surface area contributed by atoms with Crippen LogP contribution in [0.25, 0.3) is 0 Å². The number of carbonyl (C=O) groups excluding carboxylic acids is 2. The molecule has 3 aromatic rings. The van der Waals surface area contributed by atoms with Crippen molar-refractivity contribution in [3.63, 3.8) is 0 Å². The number of hydrogen-bond donors (Lipinski definition) is 2. The van der Waals surface area contributed by atoms with Crippen LogP contribution in [0.3, 0.4) is 0 Å². The highest BCUT2D eigenvalue weighted by atomic mass is 16.5. The molecule has 3 aromatic carbocycles. The zero-order valence-corrected chi connectivity index (χ0v) is 16.5. The standard InChI is InChI=1S/C24H24N2O3/c1-17(2)29-20-14-12-19(13-15-20)23(27)26-22-11-7-6-10-21(22)24(28)25-16-18-8-4-3-5-9-18/h3-15,17H,16H2,1-2H3,(H,25,28)(H,26,27). The number of anilines is 1. The second kappa shape index (κ2) is 9.55. The molecule has 3 rings (SSSR count). The zero-order valence-electron chi connectivity index (χ0n) is 16.5. The van der Waals surface area contributed by atoms with Crippen molar-refractivity contribution in [3.8, 4) is 5.75 Å². The van der Waals surface area contributed by atoms with Gasteiger partial charge < -0.3 is 15.4 Å². The Hall–Kier alpha value is -3.60. The van der Waals surface area contributed by atoms with Gasteiger partial charge in [-0.15, -0.1) is 0 Å². The van der Waals surface area contributed by atoms with Crippen LogP contribution in [0.4, 0.5) is 5.69 Å². The highest BCUT2D eigenvalue weighted by Gasteiger charge is 2.14. The quantitative estimate of drug-likeness (QED) is 0.619. The lowest BCUT2D eigenvalue weighted by atomic mass is 10.1. The number of para-hydroxylation sites is 1. The Labute approximate surface area is 170 Å². The van der Waals surface area contributed by atoms with E-state index in [2.05, 4.69) is 10.6 Å². The van der Waals surface area contributed by atoms with E-state index >= 15 is 0 Å². The molecule has 0 saturated heterocycles.